The van der Waals surface area contributed by atoms with E-state index in [0.29, 0.717) is 23.3 Å². The van der Waals surface area contributed by atoms with Crippen LogP contribution >= 0.6 is 0 Å². The van der Waals surface area contributed by atoms with Gasteiger partial charge in [-0.15, -0.1) is 0 Å². The van der Waals surface area contributed by atoms with E-state index in [1.54, 1.807) is 6.20 Å². The Bertz CT molecular complexity index is 1140. The Labute approximate surface area is 160 Å². The fourth-order valence-corrected chi connectivity index (χ4v) is 2.99. The molecule has 2 radical (unpaired) electrons. The lowest BCUT2D eigenvalue weighted by Gasteiger charge is -2.13. The highest BCUT2D eigenvalue weighted by atomic mass is 15.1. The quantitative estimate of drug-likeness (QED) is 0.573. The third-order valence-corrected chi connectivity index (χ3v) is 4.38. The number of rotatable bonds is 3. The van der Waals surface area contributed by atoms with Gasteiger partial charge in [-0.25, -0.2) is 4.98 Å². The Balaban J connectivity index is 0.00000102. The average molecular weight is 353 g/mol. The molecule has 27 heavy (non-hydrogen) atoms. The van der Waals surface area contributed by atoms with Crippen LogP contribution in [0.3, 0.4) is 0 Å². The number of aromatic nitrogens is 3. The van der Waals surface area contributed by atoms with E-state index >= 15 is 0 Å². The van der Waals surface area contributed by atoms with Crippen molar-refractivity contribution in [1.29, 1.82) is 5.26 Å². The van der Waals surface area contributed by atoms with Gasteiger partial charge in [0.05, 0.1) is 17.1 Å². The standard InChI is InChI=1S/C19H14BN5.C2H6/c1-12-13(10-21)3-2-4-14(12)11-23-18-16-9-15(20)5-6-17(16)25-8-7-22-19(25)24-18;1-2/h2-9H,11H2,1H3,(H,22,23,24);1-2H3. The second-order valence-corrected chi connectivity index (χ2v) is 5.89. The SMILES string of the molecule is CC.[B]c1ccc2c(c1)c(NCc1cccc(C#N)c1C)nc1nccn12. The molecule has 0 aliphatic rings. The number of nitrogens with zero attached hydrogens (tertiary/aromatic N) is 4. The van der Waals surface area contributed by atoms with E-state index in [1.165, 1.54) is 0 Å². The largest absolute Gasteiger partial charge is 0.365 e. The number of nitriles is 1. The van der Waals surface area contributed by atoms with E-state index in [4.69, 9.17) is 7.85 Å². The molecular formula is C21H20BN5. The zero-order chi connectivity index (χ0) is 19.4. The van der Waals surface area contributed by atoms with E-state index < -0.39 is 0 Å². The molecule has 0 aliphatic carbocycles. The Morgan fingerprint density at radius 3 is 2.81 bits per heavy atom. The van der Waals surface area contributed by atoms with Crippen LogP contribution in [0, 0.1) is 18.3 Å². The maximum Gasteiger partial charge on any atom is 0.236 e. The van der Waals surface area contributed by atoms with Gasteiger partial charge in [-0.3, -0.25) is 4.40 Å². The summed E-state index contributed by atoms with van der Waals surface area (Å²) in [4.78, 5) is 8.90. The van der Waals surface area contributed by atoms with Crippen LogP contribution < -0.4 is 10.8 Å². The molecule has 1 N–H and O–H groups in total. The van der Waals surface area contributed by atoms with Crippen LogP contribution in [-0.4, -0.2) is 22.2 Å². The Morgan fingerprint density at radius 2 is 2.04 bits per heavy atom. The number of hydrogen-bond donors (Lipinski definition) is 1. The number of hydrogen-bond acceptors (Lipinski definition) is 4. The molecule has 2 aromatic heterocycles. The first kappa shape index (κ1) is 18.5. The summed E-state index contributed by atoms with van der Waals surface area (Å²) in [5.41, 5.74) is 4.38. The van der Waals surface area contributed by atoms with E-state index in [2.05, 4.69) is 21.4 Å². The van der Waals surface area contributed by atoms with Crippen LogP contribution in [0.15, 0.2) is 48.8 Å². The van der Waals surface area contributed by atoms with E-state index in [-0.39, 0.29) is 0 Å². The first-order valence-corrected chi connectivity index (χ1v) is 8.92. The van der Waals surface area contributed by atoms with Gasteiger partial charge in [0.1, 0.15) is 13.7 Å². The summed E-state index contributed by atoms with van der Waals surface area (Å²) in [5, 5.41) is 13.5. The van der Waals surface area contributed by atoms with Crippen molar-refractivity contribution in [2.75, 3.05) is 5.32 Å². The molecule has 0 aliphatic heterocycles. The molecule has 5 nitrogen and oxygen atoms in total. The molecule has 6 heteroatoms. The van der Waals surface area contributed by atoms with Crippen LogP contribution in [-0.2, 0) is 6.54 Å². The second-order valence-electron chi connectivity index (χ2n) is 5.89. The third kappa shape index (κ3) is 3.49. The highest BCUT2D eigenvalue weighted by Gasteiger charge is 2.10. The topological polar surface area (TPSA) is 66.0 Å². The summed E-state index contributed by atoms with van der Waals surface area (Å²) < 4.78 is 1.93. The van der Waals surface area contributed by atoms with Gasteiger partial charge in [0, 0.05) is 24.3 Å². The number of anilines is 1. The van der Waals surface area contributed by atoms with Crippen molar-refractivity contribution >= 4 is 35.8 Å². The monoisotopic (exact) mass is 353 g/mol. The van der Waals surface area contributed by atoms with E-state index in [9.17, 15) is 5.26 Å². The van der Waals surface area contributed by atoms with Crippen molar-refractivity contribution < 1.29 is 0 Å². The summed E-state index contributed by atoms with van der Waals surface area (Å²) in [6.07, 6.45) is 3.60. The second kappa shape index (κ2) is 7.92. The Morgan fingerprint density at radius 1 is 1.22 bits per heavy atom. The van der Waals surface area contributed by atoms with Gasteiger partial charge < -0.3 is 5.32 Å². The van der Waals surface area contributed by atoms with Crippen molar-refractivity contribution in [3.8, 4) is 6.07 Å². The number of imidazole rings is 1. The molecule has 0 fully saturated rings. The lowest BCUT2D eigenvalue weighted by molar-refractivity contribution is 1.08. The normalized spacial score (nSPS) is 10.3. The molecule has 0 unspecified atom stereocenters. The average Bonchev–Trinajstić information content (AvgIpc) is 3.17. The molecule has 2 aromatic carbocycles. The molecule has 0 spiro atoms. The van der Waals surface area contributed by atoms with Gasteiger partial charge in [0.15, 0.2) is 0 Å². The zero-order valence-corrected chi connectivity index (χ0v) is 15.7. The van der Waals surface area contributed by atoms with Gasteiger partial charge in [0.25, 0.3) is 0 Å². The predicted molar refractivity (Wildman–Crippen MR) is 110 cm³/mol. The van der Waals surface area contributed by atoms with Crippen molar-refractivity contribution in [2.45, 2.75) is 27.3 Å². The highest BCUT2D eigenvalue weighted by molar-refractivity contribution is 6.33. The van der Waals surface area contributed by atoms with Crippen molar-refractivity contribution in [2.24, 2.45) is 0 Å². The number of fused-ring (bicyclic) bond motifs is 3. The van der Waals surface area contributed by atoms with Crippen LogP contribution in [0.2, 0.25) is 0 Å². The predicted octanol–water partition coefficient (Wildman–Crippen LogP) is 3.49. The molecule has 0 bridgehead atoms. The Kier molecular flexibility index (Phi) is 5.42. The minimum Gasteiger partial charge on any atom is -0.365 e. The molecule has 2 heterocycles. The molecule has 4 aromatic rings. The molecule has 0 saturated carbocycles. The molecule has 0 amide bonds. The van der Waals surface area contributed by atoms with Gasteiger partial charge in [-0.05, 0) is 30.2 Å². The van der Waals surface area contributed by atoms with Crippen molar-refractivity contribution in [3.05, 3.63) is 65.5 Å². The first-order chi connectivity index (χ1) is 13.2. The molecule has 0 saturated heterocycles. The van der Waals surface area contributed by atoms with Gasteiger partial charge in [0.2, 0.25) is 5.78 Å². The maximum absolute atomic E-state index is 9.19. The van der Waals surface area contributed by atoms with Crippen molar-refractivity contribution in [1.82, 2.24) is 14.4 Å². The minimum absolute atomic E-state index is 0.565. The summed E-state index contributed by atoms with van der Waals surface area (Å²) in [7, 11) is 5.96. The number of nitrogens with one attached hydrogen (secondary N) is 1. The van der Waals surface area contributed by atoms with Crippen LogP contribution in [0.5, 0.6) is 0 Å². The fraction of sp³-hybridized carbons (Fsp3) is 0.190. The van der Waals surface area contributed by atoms with Gasteiger partial charge >= 0.3 is 0 Å². The summed E-state index contributed by atoms with van der Waals surface area (Å²) >= 11 is 0. The highest BCUT2D eigenvalue weighted by Crippen LogP contribution is 2.23. The van der Waals surface area contributed by atoms with E-state index in [1.807, 2.05) is 67.8 Å². The number of benzene rings is 2. The molecule has 0 atom stereocenters. The summed E-state index contributed by atoms with van der Waals surface area (Å²) in [6.45, 7) is 6.52. The van der Waals surface area contributed by atoms with Crippen LogP contribution in [0.4, 0.5) is 5.82 Å². The Hall–Kier alpha value is -3.33. The van der Waals surface area contributed by atoms with Crippen molar-refractivity contribution in [3.63, 3.8) is 0 Å². The van der Waals surface area contributed by atoms with E-state index in [0.717, 1.165) is 27.8 Å². The zero-order valence-electron chi connectivity index (χ0n) is 15.7. The fourth-order valence-electron chi connectivity index (χ4n) is 2.99. The third-order valence-electron chi connectivity index (χ3n) is 4.38. The molecule has 4 rings (SSSR count). The summed E-state index contributed by atoms with van der Waals surface area (Å²) in [5.74, 6) is 1.35. The smallest absolute Gasteiger partial charge is 0.236 e. The van der Waals surface area contributed by atoms with Crippen LogP contribution in [0.1, 0.15) is 30.5 Å². The first-order valence-electron chi connectivity index (χ1n) is 8.92. The van der Waals surface area contributed by atoms with Crippen LogP contribution in [0.25, 0.3) is 16.7 Å². The maximum atomic E-state index is 9.19. The molecular weight excluding hydrogens is 333 g/mol. The molecule has 132 valence electrons. The van der Waals surface area contributed by atoms with Gasteiger partial charge in [-0.1, -0.05) is 43.6 Å². The lowest BCUT2D eigenvalue weighted by Crippen LogP contribution is -2.08. The lowest BCUT2D eigenvalue weighted by atomic mass is 9.95. The minimum atomic E-state index is 0.565. The summed E-state index contributed by atoms with van der Waals surface area (Å²) in [6, 6.07) is 13.7. The van der Waals surface area contributed by atoms with Gasteiger partial charge in [-0.2, -0.15) is 10.2 Å².